The van der Waals surface area contributed by atoms with E-state index in [1.165, 1.54) is 205 Å². The largest absolute Gasteiger partial charge is 0.462 e. The van der Waals surface area contributed by atoms with Crippen LogP contribution in [0, 0.1) is 0 Å². The van der Waals surface area contributed by atoms with Crippen molar-refractivity contribution >= 4 is 11.9 Å². The fourth-order valence-electron chi connectivity index (χ4n) is 7.56. The van der Waals surface area contributed by atoms with Crippen molar-refractivity contribution < 1.29 is 23.8 Å². The van der Waals surface area contributed by atoms with Gasteiger partial charge in [0.15, 0.2) is 6.10 Å². The van der Waals surface area contributed by atoms with Crippen LogP contribution in [0.2, 0.25) is 0 Å². The minimum atomic E-state index is -0.532. The third-order valence-electron chi connectivity index (χ3n) is 11.5. The molecule has 0 saturated heterocycles. The van der Waals surface area contributed by atoms with Gasteiger partial charge in [0.25, 0.3) is 0 Å². The van der Waals surface area contributed by atoms with Gasteiger partial charge in [-0.3, -0.25) is 9.59 Å². The predicted octanol–water partition coefficient (Wildman–Crippen LogP) is 17.2. The number of ether oxygens (including phenoxy) is 3. The Morgan fingerprint density at radius 1 is 0.362 bits per heavy atom. The van der Waals surface area contributed by atoms with Crippen LogP contribution in [-0.2, 0) is 23.8 Å². The van der Waals surface area contributed by atoms with Crippen LogP contribution >= 0.6 is 0 Å². The van der Waals surface area contributed by atoms with Crippen LogP contribution in [0.25, 0.3) is 0 Å². The van der Waals surface area contributed by atoms with Gasteiger partial charge in [0.1, 0.15) is 6.61 Å². The van der Waals surface area contributed by atoms with Crippen molar-refractivity contribution in [1.29, 1.82) is 0 Å². The van der Waals surface area contributed by atoms with E-state index in [0.717, 1.165) is 38.5 Å². The molecule has 0 aromatic rings. The van der Waals surface area contributed by atoms with Crippen molar-refractivity contribution in [1.82, 2.24) is 0 Å². The number of rotatable bonds is 48. The van der Waals surface area contributed by atoms with Gasteiger partial charge in [-0.2, -0.15) is 0 Å². The highest BCUT2D eigenvalue weighted by atomic mass is 16.6. The van der Waals surface area contributed by atoms with E-state index in [2.05, 4.69) is 45.1 Å². The summed E-state index contributed by atoms with van der Waals surface area (Å²) in [5, 5.41) is 0. The van der Waals surface area contributed by atoms with Gasteiger partial charge in [0.05, 0.1) is 6.61 Å². The fraction of sp³-hybridized carbons (Fsp3) is 0.887. The van der Waals surface area contributed by atoms with Gasteiger partial charge in [-0.25, -0.2) is 0 Å². The normalized spacial score (nSPS) is 12.3. The Morgan fingerprint density at radius 2 is 0.672 bits per heavy atom. The highest BCUT2D eigenvalue weighted by molar-refractivity contribution is 5.70. The second-order valence-corrected chi connectivity index (χ2v) is 17.4. The zero-order valence-corrected chi connectivity index (χ0v) is 39.3. The van der Waals surface area contributed by atoms with E-state index < -0.39 is 6.10 Å². The van der Waals surface area contributed by atoms with Crippen molar-refractivity contribution in [3.05, 3.63) is 24.3 Å². The number of esters is 2. The molecule has 342 valence electrons. The molecule has 0 aliphatic rings. The Hall–Kier alpha value is -1.62. The van der Waals surface area contributed by atoms with Crippen molar-refractivity contribution in [2.24, 2.45) is 0 Å². The van der Waals surface area contributed by atoms with E-state index in [-0.39, 0.29) is 25.2 Å². The summed E-state index contributed by atoms with van der Waals surface area (Å²) in [5.74, 6) is -0.391. The summed E-state index contributed by atoms with van der Waals surface area (Å²) in [5.41, 5.74) is 0. The molecule has 0 spiro atoms. The molecule has 1 atom stereocenters. The minimum Gasteiger partial charge on any atom is -0.462 e. The maximum absolute atomic E-state index is 12.7. The Morgan fingerprint density at radius 3 is 1.07 bits per heavy atom. The monoisotopic (exact) mass is 817 g/mol. The lowest BCUT2D eigenvalue weighted by atomic mass is 10.1. The van der Waals surface area contributed by atoms with Gasteiger partial charge >= 0.3 is 11.9 Å². The van der Waals surface area contributed by atoms with Gasteiger partial charge in [0, 0.05) is 19.4 Å². The van der Waals surface area contributed by atoms with Crippen molar-refractivity contribution in [3.8, 4) is 0 Å². The quantitative estimate of drug-likeness (QED) is 0.0348. The molecule has 0 heterocycles. The van der Waals surface area contributed by atoms with Gasteiger partial charge in [-0.05, 0) is 70.6 Å². The zero-order chi connectivity index (χ0) is 42.1. The number of hydrogen-bond donors (Lipinski definition) is 0. The average molecular weight is 817 g/mol. The lowest BCUT2D eigenvalue weighted by Gasteiger charge is -2.18. The van der Waals surface area contributed by atoms with E-state index in [1.54, 1.807) is 0 Å². The number of allylic oxidation sites excluding steroid dienone is 4. The van der Waals surface area contributed by atoms with Gasteiger partial charge in [0.2, 0.25) is 0 Å². The Bertz CT molecular complexity index is 882. The Balaban J connectivity index is 4.13. The molecule has 0 aromatic heterocycles. The molecule has 0 aliphatic carbocycles. The Kier molecular flexibility index (Phi) is 48.4. The molecule has 0 saturated carbocycles. The van der Waals surface area contributed by atoms with Crippen LogP contribution < -0.4 is 0 Å². The van der Waals surface area contributed by atoms with Crippen LogP contribution in [0.4, 0.5) is 0 Å². The first-order chi connectivity index (χ1) is 28.6. The summed E-state index contributed by atoms with van der Waals surface area (Å²) in [6.45, 7) is 7.82. The third kappa shape index (κ3) is 47.1. The summed E-state index contributed by atoms with van der Waals surface area (Å²) >= 11 is 0. The maximum atomic E-state index is 12.7. The second kappa shape index (κ2) is 49.7. The standard InChI is InChI=1S/C53H100O5/c1-4-7-10-13-16-19-21-23-25-26-27-28-29-30-32-35-37-40-43-46-52(54)57-50-51(58-53(55)47-44-41-38-34-18-15-12-9-6-3)49-56-48-45-42-39-36-33-31-24-22-20-17-14-11-8-5-2/h20,22-23,25,51H,4-19,21,24,26-50H2,1-3H3/b22-20-,25-23-. The van der Waals surface area contributed by atoms with Gasteiger partial charge in [-0.1, -0.05) is 218 Å². The molecule has 0 radical (unpaired) electrons. The van der Waals surface area contributed by atoms with Crippen molar-refractivity contribution in [3.63, 3.8) is 0 Å². The molecular weight excluding hydrogens is 717 g/mol. The first-order valence-corrected chi connectivity index (χ1v) is 25.9. The smallest absolute Gasteiger partial charge is 0.306 e. The molecule has 5 heteroatoms. The molecular formula is C53H100O5. The SMILES string of the molecule is CCCCCC/C=C\CCCCCCCCOCC(COC(=O)CCCCCCCCCCC/C=C\CCCCCCCC)OC(=O)CCCCCCCCCCC. The van der Waals surface area contributed by atoms with E-state index in [0.29, 0.717) is 19.4 Å². The van der Waals surface area contributed by atoms with Crippen LogP contribution in [0.3, 0.4) is 0 Å². The number of carbonyl (C=O) groups is 2. The minimum absolute atomic E-state index is 0.0877. The first kappa shape index (κ1) is 56.4. The van der Waals surface area contributed by atoms with Crippen LogP contribution in [-0.4, -0.2) is 37.9 Å². The van der Waals surface area contributed by atoms with E-state index >= 15 is 0 Å². The van der Waals surface area contributed by atoms with Crippen molar-refractivity contribution in [2.75, 3.05) is 19.8 Å². The number of hydrogen-bond acceptors (Lipinski definition) is 5. The molecule has 0 rings (SSSR count). The summed E-state index contributed by atoms with van der Waals surface area (Å²) in [6, 6.07) is 0. The Labute approximate surface area is 362 Å². The average Bonchev–Trinajstić information content (AvgIpc) is 3.22. The fourth-order valence-corrected chi connectivity index (χ4v) is 7.56. The summed E-state index contributed by atoms with van der Waals surface area (Å²) in [6.07, 6.45) is 57.6. The number of carbonyl (C=O) groups excluding carboxylic acids is 2. The molecule has 0 aliphatic heterocycles. The molecule has 5 nitrogen and oxygen atoms in total. The van der Waals surface area contributed by atoms with Crippen LogP contribution in [0.1, 0.15) is 278 Å². The predicted molar refractivity (Wildman–Crippen MR) is 252 cm³/mol. The molecule has 0 N–H and O–H groups in total. The third-order valence-corrected chi connectivity index (χ3v) is 11.5. The lowest BCUT2D eigenvalue weighted by Crippen LogP contribution is -2.30. The molecule has 0 bridgehead atoms. The molecule has 0 aromatic carbocycles. The molecule has 0 fully saturated rings. The summed E-state index contributed by atoms with van der Waals surface area (Å²) in [7, 11) is 0. The van der Waals surface area contributed by atoms with E-state index in [1.807, 2.05) is 0 Å². The first-order valence-electron chi connectivity index (χ1n) is 25.9. The topological polar surface area (TPSA) is 61.8 Å². The zero-order valence-electron chi connectivity index (χ0n) is 39.3. The second-order valence-electron chi connectivity index (χ2n) is 17.4. The van der Waals surface area contributed by atoms with Crippen LogP contribution in [0.5, 0.6) is 0 Å². The molecule has 1 unspecified atom stereocenters. The van der Waals surface area contributed by atoms with E-state index in [9.17, 15) is 9.59 Å². The highest BCUT2D eigenvalue weighted by Crippen LogP contribution is 2.15. The molecule has 0 amide bonds. The summed E-state index contributed by atoms with van der Waals surface area (Å²) < 4.78 is 17.4. The van der Waals surface area contributed by atoms with Crippen LogP contribution in [0.15, 0.2) is 24.3 Å². The maximum Gasteiger partial charge on any atom is 0.306 e. The molecule has 58 heavy (non-hydrogen) atoms. The summed E-state index contributed by atoms with van der Waals surface area (Å²) in [4.78, 5) is 25.3. The number of unbranched alkanes of at least 4 members (excludes halogenated alkanes) is 33. The van der Waals surface area contributed by atoms with Crippen molar-refractivity contribution in [2.45, 2.75) is 284 Å². The van der Waals surface area contributed by atoms with Gasteiger partial charge < -0.3 is 14.2 Å². The highest BCUT2D eigenvalue weighted by Gasteiger charge is 2.17. The van der Waals surface area contributed by atoms with E-state index in [4.69, 9.17) is 14.2 Å². The van der Waals surface area contributed by atoms with Gasteiger partial charge in [-0.15, -0.1) is 0 Å². The lowest BCUT2D eigenvalue weighted by molar-refractivity contribution is -0.163.